The topological polar surface area (TPSA) is 50.1 Å². The van der Waals surface area contributed by atoms with Crippen molar-refractivity contribution in [2.24, 2.45) is 5.73 Å². The fourth-order valence-electron chi connectivity index (χ4n) is 2.18. The second-order valence-electron chi connectivity index (χ2n) is 5.18. The smallest absolute Gasteiger partial charge is 0.00669 e. The van der Waals surface area contributed by atoms with Gasteiger partial charge in [0.1, 0.15) is 0 Å². The molecule has 0 fully saturated rings. The molecule has 0 aliphatic heterocycles. The van der Waals surface area contributed by atoms with Crippen LogP contribution in [0.15, 0.2) is 0 Å². The van der Waals surface area contributed by atoms with Crippen LogP contribution in [0.3, 0.4) is 0 Å². The molecule has 0 amide bonds. The van der Waals surface area contributed by atoms with Gasteiger partial charge in [0.2, 0.25) is 0 Å². The number of nitrogens with two attached hydrogens (primary N) is 1. The van der Waals surface area contributed by atoms with Crippen molar-refractivity contribution in [2.45, 2.75) is 71.3 Å². The lowest BCUT2D eigenvalue weighted by Crippen LogP contribution is -2.30. The van der Waals surface area contributed by atoms with Gasteiger partial charge in [-0.3, -0.25) is 0 Å². The zero-order chi connectivity index (χ0) is 13.5. The Labute approximate surface area is 114 Å². The molecule has 110 valence electrons. The molecule has 3 nitrogen and oxygen atoms in total. The highest BCUT2D eigenvalue weighted by atomic mass is 14.9. The molecule has 0 aromatic rings. The van der Waals surface area contributed by atoms with Crippen LogP contribution in [0.4, 0.5) is 0 Å². The fourth-order valence-corrected chi connectivity index (χ4v) is 2.18. The molecule has 0 spiro atoms. The van der Waals surface area contributed by atoms with Gasteiger partial charge < -0.3 is 16.4 Å². The highest BCUT2D eigenvalue weighted by Crippen LogP contribution is 2.06. The molecule has 0 aliphatic carbocycles. The maximum Gasteiger partial charge on any atom is 0.00669 e. The van der Waals surface area contributed by atoms with Crippen LogP contribution in [-0.4, -0.2) is 32.2 Å². The first-order chi connectivity index (χ1) is 8.85. The van der Waals surface area contributed by atoms with Crippen molar-refractivity contribution in [1.29, 1.82) is 0 Å². The minimum atomic E-state index is 0.750. The van der Waals surface area contributed by atoms with Gasteiger partial charge >= 0.3 is 0 Å². The minimum Gasteiger partial charge on any atom is -0.330 e. The van der Waals surface area contributed by atoms with E-state index < -0.39 is 0 Å². The van der Waals surface area contributed by atoms with E-state index >= 15 is 0 Å². The number of unbranched alkanes of at least 4 members (excludes halogenated alkanes) is 2. The third-order valence-corrected chi connectivity index (χ3v) is 3.31. The van der Waals surface area contributed by atoms with E-state index in [0.717, 1.165) is 32.1 Å². The van der Waals surface area contributed by atoms with Crippen molar-refractivity contribution in [3.05, 3.63) is 0 Å². The van der Waals surface area contributed by atoms with Crippen LogP contribution in [0.25, 0.3) is 0 Å². The summed E-state index contributed by atoms with van der Waals surface area (Å²) < 4.78 is 0. The molecule has 0 aromatic heterocycles. The van der Waals surface area contributed by atoms with Crippen LogP contribution in [0.2, 0.25) is 0 Å². The molecule has 0 saturated carbocycles. The van der Waals surface area contributed by atoms with E-state index in [1.54, 1.807) is 0 Å². The average molecular weight is 257 g/mol. The van der Waals surface area contributed by atoms with Gasteiger partial charge in [-0.1, -0.05) is 33.1 Å². The van der Waals surface area contributed by atoms with Crippen molar-refractivity contribution in [3.63, 3.8) is 0 Å². The Kier molecular flexibility index (Phi) is 14.8. The third kappa shape index (κ3) is 12.3. The first-order valence-corrected chi connectivity index (χ1v) is 7.99. The van der Waals surface area contributed by atoms with Gasteiger partial charge in [0, 0.05) is 6.04 Å². The van der Waals surface area contributed by atoms with E-state index in [4.69, 9.17) is 5.73 Å². The molecule has 3 heteroatoms. The lowest BCUT2D eigenvalue weighted by atomic mass is 10.1. The number of nitrogens with one attached hydrogen (secondary N) is 2. The molecule has 0 aliphatic rings. The molecule has 18 heavy (non-hydrogen) atoms. The Hall–Kier alpha value is -0.120. The molecular weight excluding hydrogens is 222 g/mol. The van der Waals surface area contributed by atoms with E-state index in [0.29, 0.717) is 0 Å². The summed E-state index contributed by atoms with van der Waals surface area (Å²) in [7, 11) is 0. The zero-order valence-corrected chi connectivity index (χ0v) is 12.6. The molecule has 0 bridgehead atoms. The molecule has 0 aromatic carbocycles. The summed E-state index contributed by atoms with van der Waals surface area (Å²) in [5.74, 6) is 0. The summed E-state index contributed by atoms with van der Waals surface area (Å²) in [6.07, 6.45) is 10.3. The summed E-state index contributed by atoms with van der Waals surface area (Å²) in [6, 6.07) is 0.750. The molecule has 0 rings (SSSR count). The molecule has 1 unspecified atom stereocenters. The predicted molar refractivity (Wildman–Crippen MR) is 82.0 cm³/mol. The van der Waals surface area contributed by atoms with Crippen LogP contribution < -0.4 is 16.4 Å². The third-order valence-electron chi connectivity index (χ3n) is 3.31. The quantitative estimate of drug-likeness (QED) is 0.419. The number of rotatable bonds is 14. The summed E-state index contributed by atoms with van der Waals surface area (Å²) in [4.78, 5) is 0. The lowest BCUT2D eigenvalue weighted by molar-refractivity contribution is 0.427. The van der Waals surface area contributed by atoms with Gasteiger partial charge in [-0.05, 0) is 58.3 Å². The van der Waals surface area contributed by atoms with Crippen molar-refractivity contribution in [1.82, 2.24) is 10.6 Å². The van der Waals surface area contributed by atoms with Crippen molar-refractivity contribution >= 4 is 0 Å². The summed E-state index contributed by atoms with van der Waals surface area (Å²) in [5, 5.41) is 7.14. The largest absolute Gasteiger partial charge is 0.330 e. The molecule has 0 radical (unpaired) electrons. The fraction of sp³-hybridized carbons (Fsp3) is 1.00. The van der Waals surface area contributed by atoms with Crippen molar-refractivity contribution < 1.29 is 0 Å². The Balaban J connectivity index is 3.31. The maximum atomic E-state index is 5.44. The number of hydrogen-bond donors (Lipinski definition) is 3. The van der Waals surface area contributed by atoms with E-state index in [1.807, 2.05) is 0 Å². The normalized spacial score (nSPS) is 12.8. The Morgan fingerprint density at radius 3 is 2.22 bits per heavy atom. The molecule has 1 atom stereocenters. The number of hydrogen-bond acceptors (Lipinski definition) is 3. The second kappa shape index (κ2) is 14.9. The van der Waals surface area contributed by atoms with Gasteiger partial charge in [0.05, 0.1) is 0 Å². The first-order valence-electron chi connectivity index (χ1n) is 7.99. The van der Waals surface area contributed by atoms with Crippen molar-refractivity contribution in [2.75, 3.05) is 26.2 Å². The van der Waals surface area contributed by atoms with Crippen molar-refractivity contribution in [3.8, 4) is 0 Å². The minimum absolute atomic E-state index is 0.750. The standard InChI is InChI=1S/C15H35N3/c1-3-5-10-15(9-4-2)18-14-7-6-12-17-13-8-11-16/h15,17-18H,3-14,16H2,1-2H3. The van der Waals surface area contributed by atoms with E-state index in [9.17, 15) is 0 Å². The summed E-state index contributed by atoms with van der Waals surface area (Å²) in [6.45, 7) is 8.73. The van der Waals surface area contributed by atoms with Gasteiger partial charge in [-0.25, -0.2) is 0 Å². The Bertz CT molecular complexity index is 151. The lowest BCUT2D eigenvalue weighted by Gasteiger charge is -2.17. The van der Waals surface area contributed by atoms with E-state index in [1.165, 1.54) is 51.5 Å². The van der Waals surface area contributed by atoms with E-state index in [2.05, 4.69) is 24.5 Å². The van der Waals surface area contributed by atoms with Crippen LogP contribution >= 0.6 is 0 Å². The Morgan fingerprint density at radius 1 is 0.833 bits per heavy atom. The Morgan fingerprint density at radius 2 is 1.56 bits per heavy atom. The summed E-state index contributed by atoms with van der Waals surface area (Å²) in [5.41, 5.74) is 5.44. The van der Waals surface area contributed by atoms with Crippen LogP contribution in [-0.2, 0) is 0 Å². The van der Waals surface area contributed by atoms with Gasteiger partial charge in [-0.2, -0.15) is 0 Å². The van der Waals surface area contributed by atoms with Crippen LogP contribution in [0.1, 0.15) is 65.2 Å². The molecular formula is C15H35N3. The van der Waals surface area contributed by atoms with E-state index in [-0.39, 0.29) is 0 Å². The SMILES string of the molecule is CCCCC(CCC)NCCCCNCCCN. The highest BCUT2D eigenvalue weighted by molar-refractivity contribution is 4.66. The predicted octanol–water partition coefficient (Wildman–Crippen LogP) is 2.65. The molecule has 4 N–H and O–H groups in total. The monoisotopic (exact) mass is 257 g/mol. The average Bonchev–Trinajstić information content (AvgIpc) is 2.39. The zero-order valence-electron chi connectivity index (χ0n) is 12.6. The molecule has 0 saturated heterocycles. The molecule has 0 heterocycles. The van der Waals surface area contributed by atoms with Gasteiger partial charge in [0.15, 0.2) is 0 Å². The maximum absolute atomic E-state index is 5.44. The second-order valence-corrected chi connectivity index (χ2v) is 5.18. The van der Waals surface area contributed by atoms with Crippen LogP contribution in [0, 0.1) is 0 Å². The van der Waals surface area contributed by atoms with Gasteiger partial charge in [0.25, 0.3) is 0 Å². The highest BCUT2D eigenvalue weighted by Gasteiger charge is 2.05. The summed E-state index contributed by atoms with van der Waals surface area (Å²) >= 11 is 0. The van der Waals surface area contributed by atoms with Gasteiger partial charge in [-0.15, -0.1) is 0 Å². The van der Waals surface area contributed by atoms with Crippen LogP contribution in [0.5, 0.6) is 0 Å². The first kappa shape index (κ1) is 17.9.